The van der Waals surface area contributed by atoms with Gasteiger partial charge in [-0.25, -0.2) is 0 Å². The highest BCUT2D eigenvalue weighted by Crippen LogP contribution is 2.66. The number of carbonyl (C=O) groups excluding carboxylic acids is 1. The van der Waals surface area contributed by atoms with Gasteiger partial charge in [0.15, 0.2) is 18.1 Å². The molecule has 2 unspecified atom stereocenters. The average molecular weight is 443 g/mol. The zero-order valence-corrected chi connectivity index (χ0v) is 19.0. The van der Waals surface area contributed by atoms with Crippen LogP contribution in [-0.2, 0) is 11.3 Å². The van der Waals surface area contributed by atoms with Crippen LogP contribution < -0.4 is 20.5 Å². The Kier molecular flexibility index (Phi) is 6.07. The number of hydrogen-bond donors (Lipinski definition) is 2. The molecular weight excluding hydrogens is 411 g/mol. The van der Waals surface area contributed by atoms with E-state index < -0.39 is 5.91 Å². The first-order valence-corrected chi connectivity index (χ1v) is 10.5. The van der Waals surface area contributed by atoms with Crippen LogP contribution in [0.3, 0.4) is 0 Å². The summed E-state index contributed by atoms with van der Waals surface area (Å²) in [6.07, 6.45) is 7.94. The summed E-state index contributed by atoms with van der Waals surface area (Å²) in [6.45, 7) is 5.48. The molecule has 4 aliphatic carbocycles. The van der Waals surface area contributed by atoms with Gasteiger partial charge in [-0.15, -0.1) is 12.4 Å². The first-order valence-electron chi connectivity index (χ1n) is 10.2. The third kappa shape index (κ3) is 4.47. The Morgan fingerprint density at radius 3 is 2.41 bits per heavy atom. The quantitative estimate of drug-likeness (QED) is 0.652. The average Bonchev–Trinajstić information content (AvgIpc) is 2.55. The van der Waals surface area contributed by atoms with Crippen LogP contribution in [0.1, 0.15) is 57.9 Å². The van der Waals surface area contributed by atoms with Crippen molar-refractivity contribution in [3.8, 4) is 11.5 Å². The predicted molar refractivity (Wildman–Crippen MR) is 117 cm³/mol. The number of rotatable bonds is 7. The second-order valence-electron chi connectivity index (χ2n) is 10.1. The highest BCUT2D eigenvalue weighted by molar-refractivity contribution is 6.32. The molecule has 162 valence electrons. The fraction of sp³-hybridized carbons (Fsp3) is 0.682. The smallest absolute Gasteiger partial charge is 0.255 e. The number of amides is 1. The van der Waals surface area contributed by atoms with Crippen molar-refractivity contribution in [1.29, 1.82) is 0 Å². The van der Waals surface area contributed by atoms with Gasteiger partial charge < -0.3 is 20.5 Å². The number of benzene rings is 1. The normalized spacial score (nSPS) is 34.6. The summed E-state index contributed by atoms with van der Waals surface area (Å²) in [5, 5.41) is 4.35. The highest BCUT2D eigenvalue weighted by atomic mass is 35.5. The van der Waals surface area contributed by atoms with Crippen molar-refractivity contribution in [3.05, 3.63) is 22.7 Å². The molecule has 4 aliphatic rings. The fourth-order valence-electron chi connectivity index (χ4n) is 7.09. The molecule has 1 amide bonds. The van der Waals surface area contributed by atoms with Gasteiger partial charge in [-0.3, -0.25) is 4.79 Å². The lowest BCUT2D eigenvalue weighted by molar-refractivity contribution is -0.120. The van der Waals surface area contributed by atoms with Crippen LogP contribution in [0.25, 0.3) is 0 Å². The topological polar surface area (TPSA) is 73.6 Å². The van der Waals surface area contributed by atoms with E-state index in [1.807, 2.05) is 12.1 Å². The summed E-state index contributed by atoms with van der Waals surface area (Å²) in [7, 11) is 1.57. The van der Waals surface area contributed by atoms with E-state index in [1.54, 1.807) is 7.11 Å². The molecule has 7 heteroatoms. The molecule has 4 fully saturated rings. The van der Waals surface area contributed by atoms with E-state index in [-0.39, 0.29) is 24.6 Å². The number of nitrogens with one attached hydrogen (secondary N) is 1. The van der Waals surface area contributed by atoms with Crippen LogP contribution in [0.4, 0.5) is 0 Å². The monoisotopic (exact) mass is 442 g/mol. The zero-order valence-electron chi connectivity index (χ0n) is 17.5. The van der Waals surface area contributed by atoms with E-state index >= 15 is 0 Å². The van der Waals surface area contributed by atoms with Crippen LogP contribution in [-0.4, -0.2) is 25.2 Å². The number of hydrogen-bond acceptors (Lipinski definition) is 4. The molecule has 0 aromatic heterocycles. The van der Waals surface area contributed by atoms with E-state index in [0.717, 1.165) is 18.0 Å². The number of methoxy groups -OCH3 is 1. The molecule has 0 saturated heterocycles. The highest BCUT2D eigenvalue weighted by Gasteiger charge is 2.59. The second kappa shape index (κ2) is 7.82. The lowest BCUT2D eigenvalue weighted by Crippen LogP contribution is -2.63. The van der Waals surface area contributed by atoms with Gasteiger partial charge in [-0.2, -0.15) is 0 Å². The summed E-state index contributed by atoms with van der Waals surface area (Å²) >= 11 is 6.41. The Balaban J connectivity index is 0.00000240. The molecule has 4 saturated carbocycles. The molecule has 0 spiro atoms. The van der Waals surface area contributed by atoms with Crippen molar-refractivity contribution in [2.45, 2.75) is 64.5 Å². The number of nitrogens with two attached hydrogens (primary N) is 1. The van der Waals surface area contributed by atoms with Gasteiger partial charge in [0, 0.05) is 12.1 Å². The van der Waals surface area contributed by atoms with Crippen molar-refractivity contribution in [2.24, 2.45) is 22.5 Å². The van der Waals surface area contributed by atoms with Gasteiger partial charge in [0.2, 0.25) is 0 Å². The molecular formula is C22H32Cl2N2O3. The molecule has 5 nitrogen and oxygen atoms in total. The summed E-state index contributed by atoms with van der Waals surface area (Å²) in [4.78, 5) is 11.0. The Morgan fingerprint density at radius 2 is 1.86 bits per heavy atom. The maximum Gasteiger partial charge on any atom is 0.255 e. The van der Waals surface area contributed by atoms with Crippen molar-refractivity contribution in [3.63, 3.8) is 0 Å². The first kappa shape index (κ1) is 22.5. The molecule has 0 radical (unpaired) electrons. The Morgan fingerprint density at radius 1 is 1.21 bits per heavy atom. The van der Waals surface area contributed by atoms with Crippen molar-refractivity contribution in [1.82, 2.24) is 5.32 Å². The van der Waals surface area contributed by atoms with E-state index in [9.17, 15) is 4.79 Å². The maximum atomic E-state index is 11.0. The van der Waals surface area contributed by atoms with Gasteiger partial charge in [0.05, 0.1) is 12.1 Å². The summed E-state index contributed by atoms with van der Waals surface area (Å²) in [6, 6.07) is 3.82. The van der Waals surface area contributed by atoms with Gasteiger partial charge in [0.1, 0.15) is 0 Å². The summed E-state index contributed by atoms with van der Waals surface area (Å²) < 4.78 is 10.9. The number of ether oxygens (including phenoxy) is 2. The van der Waals surface area contributed by atoms with Gasteiger partial charge in [0.25, 0.3) is 5.91 Å². The van der Waals surface area contributed by atoms with Crippen LogP contribution in [0, 0.1) is 16.7 Å². The van der Waals surface area contributed by atoms with Crippen LogP contribution in [0.2, 0.25) is 5.02 Å². The molecule has 1 aromatic carbocycles. The minimum atomic E-state index is -0.548. The van der Waals surface area contributed by atoms with Crippen molar-refractivity contribution in [2.75, 3.05) is 13.7 Å². The van der Waals surface area contributed by atoms with E-state index in [0.29, 0.717) is 27.4 Å². The minimum absolute atomic E-state index is 0. The largest absolute Gasteiger partial charge is 0.493 e. The lowest BCUT2D eigenvalue weighted by atomic mass is 9.43. The molecule has 4 bridgehead atoms. The first-order chi connectivity index (χ1) is 13.1. The maximum absolute atomic E-state index is 11.0. The van der Waals surface area contributed by atoms with Crippen LogP contribution in [0.5, 0.6) is 11.5 Å². The van der Waals surface area contributed by atoms with Crippen molar-refractivity contribution >= 4 is 29.9 Å². The molecule has 5 rings (SSSR count). The van der Waals surface area contributed by atoms with Gasteiger partial charge >= 0.3 is 0 Å². The summed E-state index contributed by atoms with van der Waals surface area (Å²) in [5.74, 6) is 1.19. The lowest BCUT2D eigenvalue weighted by Gasteiger charge is -2.65. The standard InChI is InChI=1S/C22H31ClN2O3.ClH/c1-20-6-15-7-21(2,11-20)13-22(8-15,12-20)25-9-14-4-16(23)19(17(5-14)27-3)28-10-18(24)26;/h4-5,15,25H,6-13H2,1-3H3,(H2,24,26);1H. The Hall–Kier alpha value is -1.17. The van der Waals surface area contributed by atoms with Crippen LogP contribution >= 0.6 is 24.0 Å². The third-order valence-electron chi connectivity index (χ3n) is 6.94. The molecule has 29 heavy (non-hydrogen) atoms. The number of primary amides is 1. The van der Waals surface area contributed by atoms with Gasteiger partial charge in [-0.05, 0) is 73.0 Å². The molecule has 0 heterocycles. The number of carbonyl (C=O) groups is 1. The van der Waals surface area contributed by atoms with Crippen LogP contribution in [0.15, 0.2) is 12.1 Å². The van der Waals surface area contributed by atoms with E-state index in [4.69, 9.17) is 26.8 Å². The summed E-state index contributed by atoms with van der Waals surface area (Å²) in [5.41, 5.74) is 7.40. The molecule has 2 atom stereocenters. The fourth-order valence-corrected chi connectivity index (χ4v) is 7.38. The van der Waals surface area contributed by atoms with Gasteiger partial charge in [-0.1, -0.05) is 25.4 Å². The van der Waals surface area contributed by atoms with E-state index in [2.05, 4.69) is 19.2 Å². The predicted octanol–water partition coefficient (Wildman–Crippen LogP) is 4.47. The second-order valence-corrected chi connectivity index (χ2v) is 10.5. The molecule has 1 aromatic rings. The SMILES string of the molecule is COc1cc(CNC23CC4CC(C)(CC(C)(C4)C2)C3)cc(Cl)c1OCC(N)=O.Cl. The molecule has 0 aliphatic heterocycles. The number of halogens is 2. The van der Waals surface area contributed by atoms with Crippen molar-refractivity contribution < 1.29 is 14.3 Å². The third-order valence-corrected chi connectivity index (χ3v) is 7.22. The Bertz CT molecular complexity index is 783. The molecule has 3 N–H and O–H groups in total. The Labute approximate surface area is 184 Å². The van der Waals surface area contributed by atoms with E-state index in [1.165, 1.54) is 38.5 Å². The zero-order chi connectivity index (χ0) is 20.2. The minimum Gasteiger partial charge on any atom is -0.493 e.